The minimum Gasteiger partial charge on any atom is -0.454 e. The molecule has 3 aliphatic rings. The highest BCUT2D eigenvalue weighted by atomic mass is 16.7. The number of aromatic nitrogens is 2. The number of hydrogen-bond donors (Lipinski definition) is 1. The predicted octanol–water partition coefficient (Wildman–Crippen LogP) is 2.88. The summed E-state index contributed by atoms with van der Waals surface area (Å²) in [5, 5.41) is 3.50. The first-order valence-electron chi connectivity index (χ1n) is 10.3. The molecular weight excluding hydrogens is 354 g/mol. The van der Waals surface area contributed by atoms with Crippen molar-refractivity contribution < 1.29 is 9.47 Å². The third-order valence-electron chi connectivity index (χ3n) is 5.87. The van der Waals surface area contributed by atoms with Crippen LogP contribution in [-0.4, -0.2) is 53.9 Å². The Morgan fingerprint density at radius 1 is 1.00 bits per heavy atom. The lowest BCUT2D eigenvalue weighted by Crippen LogP contribution is -2.46. The van der Waals surface area contributed by atoms with E-state index >= 15 is 0 Å². The summed E-state index contributed by atoms with van der Waals surface area (Å²) in [6.45, 7) is 5.25. The smallest absolute Gasteiger partial charge is 0.231 e. The molecule has 0 amide bonds. The summed E-state index contributed by atoms with van der Waals surface area (Å²) in [6.07, 6.45) is 6.95. The van der Waals surface area contributed by atoms with Crippen LogP contribution < -0.4 is 19.7 Å². The van der Waals surface area contributed by atoms with E-state index in [2.05, 4.69) is 32.2 Å². The molecule has 7 nitrogen and oxygen atoms in total. The van der Waals surface area contributed by atoms with E-state index in [-0.39, 0.29) is 0 Å². The summed E-state index contributed by atoms with van der Waals surface area (Å²) in [5.74, 6) is 3.50. The average Bonchev–Trinajstić information content (AvgIpc) is 3.40. The molecule has 1 aromatic carbocycles. The molecule has 3 heterocycles. The zero-order valence-corrected chi connectivity index (χ0v) is 16.1. The number of piperazine rings is 1. The SMILES string of the molecule is c1cc(N2CCN(Cc3ccc4c(c3)OCO4)CC2)nc(NC2CCCC2)n1. The zero-order valence-electron chi connectivity index (χ0n) is 16.1. The molecule has 5 rings (SSSR count). The molecule has 0 atom stereocenters. The summed E-state index contributed by atoms with van der Waals surface area (Å²) in [5.41, 5.74) is 1.27. The molecule has 0 radical (unpaired) electrons. The van der Waals surface area contributed by atoms with Crippen molar-refractivity contribution in [1.29, 1.82) is 0 Å². The van der Waals surface area contributed by atoms with E-state index < -0.39 is 0 Å². The van der Waals surface area contributed by atoms with Crippen LogP contribution in [0.2, 0.25) is 0 Å². The first kappa shape index (κ1) is 17.6. The van der Waals surface area contributed by atoms with Crippen LogP contribution in [0.4, 0.5) is 11.8 Å². The van der Waals surface area contributed by atoms with Gasteiger partial charge < -0.3 is 19.7 Å². The van der Waals surface area contributed by atoms with Crippen molar-refractivity contribution in [2.75, 3.05) is 43.2 Å². The molecule has 28 heavy (non-hydrogen) atoms. The number of benzene rings is 1. The van der Waals surface area contributed by atoms with E-state index in [9.17, 15) is 0 Å². The van der Waals surface area contributed by atoms with Crippen molar-refractivity contribution in [3.63, 3.8) is 0 Å². The minimum absolute atomic E-state index is 0.327. The highest BCUT2D eigenvalue weighted by molar-refractivity contribution is 5.45. The maximum Gasteiger partial charge on any atom is 0.231 e. The Hall–Kier alpha value is -2.54. The third kappa shape index (κ3) is 3.85. The molecule has 0 unspecified atom stereocenters. The molecule has 1 saturated carbocycles. The van der Waals surface area contributed by atoms with Crippen molar-refractivity contribution in [3.8, 4) is 11.5 Å². The number of nitrogens with one attached hydrogen (secondary N) is 1. The number of rotatable bonds is 5. The van der Waals surface area contributed by atoms with E-state index in [0.29, 0.717) is 12.8 Å². The van der Waals surface area contributed by atoms with Gasteiger partial charge in [0.1, 0.15) is 5.82 Å². The number of anilines is 2. The van der Waals surface area contributed by atoms with Gasteiger partial charge in [-0.2, -0.15) is 4.98 Å². The van der Waals surface area contributed by atoms with Crippen LogP contribution in [-0.2, 0) is 6.54 Å². The Kier molecular flexibility index (Phi) is 4.91. The monoisotopic (exact) mass is 381 g/mol. The van der Waals surface area contributed by atoms with Crippen LogP contribution in [0.15, 0.2) is 30.5 Å². The topological polar surface area (TPSA) is 62.8 Å². The molecule has 1 aliphatic carbocycles. The van der Waals surface area contributed by atoms with Crippen LogP contribution in [0.25, 0.3) is 0 Å². The third-order valence-corrected chi connectivity index (χ3v) is 5.87. The molecule has 1 aromatic heterocycles. The second kappa shape index (κ2) is 7.83. The normalized spacial score (nSPS) is 19.9. The van der Waals surface area contributed by atoms with E-state index in [0.717, 1.165) is 56.0 Å². The van der Waals surface area contributed by atoms with Crippen molar-refractivity contribution in [2.45, 2.75) is 38.3 Å². The fourth-order valence-electron chi connectivity index (χ4n) is 4.28. The lowest BCUT2D eigenvalue weighted by atomic mass is 10.1. The average molecular weight is 381 g/mol. The summed E-state index contributed by atoms with van der Waals surface area (Å²) >= 11 is 0. The maximum atomic E-state index is 5.49. The van der Waals surface area contributed by atoms with Crippen molar-refractivity contribution in [3.05, 3.63) is 36.0 Å². The van der Waals surface area contributed by atoms with Gasteiger partial charge in [-0.3, -0.25) is 4.90 Å². The predicted molar refractivity (Wildman–Crippen MR) is 108 cm³/mol. The van der Waals surface area contributed by atoms with E-state index in [1.807, 2.05) is 18.3 Å². The number of ether oxygens (including phenoxy) is 2. The van der Waals surface area contributed by atoms with Crippen LogP contribution in [0.5, 0.6) is 11.5 Å². The highest BCUT2D eigenvalue weighted by Gasteiger charge is 2.21. The standard InChI is InChI=1S/C21H27N5O2/c1-2-4-17(3-1)23-21-22-8-7-20(24-21)26-11-9-25(10-12-26)14-16-5-6-18-19(13-16)28-15-27-18/h5-8,13,17H,1-4,9-12,14-15H2,(H,22,23,24). The van der Waals surface area contributed by atoms with Crippen molar-refractivity contribution >= 4 is 11.8 Å². The van der Waals surface area contributed by atoms with Crippen molar-refractivity contribution in [2.24, 2.45) is 0 Å². The second-order valence-corrected chi connectivity index (χ2v) is 7.81. The van der Waals surface area contributed by atoms with E-state index in [1.54, 1.807) is 0 Å². The van der Waals surface area contributed by atoms with E-state index in [4.69, 9.17) is 14.5 Å². The summed E-state index contributed by atoms with van der Waals surface area (Å²) < 4.78 is 10.9. The molecule has 0 bridgehead atoms. The van der Waals surface area contributed by atoms with Gasteiger partial charge in [-0.1, -0.05) is 18.9 Å². The van der Waals surface area contributed by atoms with Gasteiger partial charge >= 0.3 is 0 Å². The van der Waals surface area contributed by atoms with Gasteiger partial charge in [0.05, 0.1) is 0 Å². The Morgan fingerprint density at radius 3 is 2.68 bits per heavy atom. The number of nitrogens with zero attached hydrogens (tertiary/aromatic N) is 4. The van der Waals surface area contributed by atoms with Gasteiger partial charge in [-0.15, -0.1) is 0 Å². The van der Waals surface area contributed by atoms with Crippen LogP contribution in [0.3, 0.4) is 0 Å². The highest BCUT2D eigenvalue weighted by Crippen LogP contribution is 2.33. The lowest BCUT2D eigenvalue weighted by molar-refractivity contribution is 0.174. The minimum atomic E-state index is 0.327. The first-order chi connectivity index (χ1) is 13.8. The van der Waals surface area contributed by atoms with Gasteiger partial charge in [-0.05, 0) is 36.6 Å². The number of fused-ring (bicyclic) bond motifs is 1. The van der Waals surface area contributed by atoms with Gasteiger partial charge in [0.15, 0.2) is 11.5 Å². The summed E-state index contributed by atoms with van der Waals surface area (Å²) in [7, 11) is 0. The fourth-order valence-corrected chi connectivity index (χ4v) is 4.28. The van der Waals surface area contributed by atoms with Gasteiger partial charge in [-0.25, -0.2) is 4.98 Å². The van der Waals surface area contributed by atoms with Crippen LogP contribution >= 0.6 is 0 Å². The molecular formula is C21H27N5O2. The lowest BCUT2D eigenvalue weighted by Gasteiger charge is -2.35. The Morgan fingerprint density at radius 2 is 1.82 bits per heavy atom. The molecule has 2 aromatic rings. The van der Waals surface area contributed by atoms with Crippen molar-refractivity contribution in [1.82, 2.24) is 14.9 Å². The first-order valence-corrected chi connectivity index (χ1v) is 10.3. The zero-order chi connectivity index (χ0) is 18.8. The van der Waals surface area contributed by atoms with Gasteiger partial charge in [0.2, 0.25) is 12.7 Å². The summed E-state index contributed by atoms with van der Waals surface area (Å²) in [4.78, 5) is 14.0. The molecule has 1 saturated heterocycles. The Labute approximate surface area is 165 Å². The van der Waals surface area contributed by atoms with E-state index in [1.165, 1.54) is 31.2 Å². The molecule has 0 spiro atoms. The quantitative estimate of drug-likeness (QED) is 0.854. The van der Waals surface area contributed by atoms with Gasteiger partial charge in [0.25, 0.3) is 0 Å². The molecule has 7 heteroatoms. The molecule has 2 aliphatic heterocycles. The Balaban J connectivity index is 1.17. The van der Waals surface area contributed by atoms with Crippen LogP contribution in [0, 0.1) is 0 Å². The van der Waals surface area contributed by atoms with Gasteiger partial charge in [0, 0.05) is 45.0 Å². The number of hydrogen-bond acceptors (Lipinski definition) is 7. The maximum absolute atomic E-state index is 5.49. The molecule has 2 fully saturated rings. The summed E-state index contributed by atoms with van der Waals surface area (Å²) in [6, 6.07) is 8.79. The Bertz CT molecular complexity index is 816. The molecule has 1 N–H and O–H groups in total. The fraction of sp³-hybridized carbons (Fsp3) is 0.524. The second-order valence-electron chi connectivity index (χ2n) is 7.81. The largest absolute Gasteiger partial charge is 0.454 e. The molecule has 148 valence electrons. The van der Waals surface area contributed by atoms with Crippen LogP contribution in [0.1, 0.15) is 31.2 Å².